The van der Waals surface area contributed by atoms with E-state index >= 15 is 0 Å². The zero-order valence-electron chi connectivity index (χ0n) is 9.88. The predicted octanol–water partition coefficient (Wildman–Crippen LogP) is 1.99. The maximum absolute atomic E-state index is 12.1. The minimum absolute atomic E-state index is 0.0120. The molecule has 7 heteroatoms. The molecule has 0 saturated carbocycles. The molecule has 0 saturated heterocycles. The van der Waals surface area contributed by atoms with Crippen LogP contribution in [0, 0.1) is 0 Å². The smallest absolute Gasteiger partial charge is 0.304 e. The maximum Gasteiger partial charge on any atom is 0.304 e. The Labute approximate surface area is 110 Å². The summed E-state index contributed by atoms with van der Waals surface area (Å²) in [4.78, 5) is 10.5. The van der Waals surface area contributed by atoms with E-state index in [0.717, 1.165) is 0 Å². The standard InChI is InChI=1S/C11H13ClO5S/c1-7(5-11(13)14)18(15,16)8-3-4-10(17-2)9(12)6-8/h3-4,6-7H,5H2,1-2H3,(H,13,14). The molecule has 100 valence electrons. The number of hydrogen-bond donors (Lipinski definition) is 1. The Balaban J connectivity index is 3.13. The van der Waals surface area contributed by atoms with Gasteiger partial charge in [0.15, 0.2) is 9.84 Å². The third kappa shape index (κ3) is 3.14. The molecule has 5 nitrogen and oxygen atoms in total. The maximum atomic E-state index is 12.1. The number of aliphatic carboxylic acids is 1. The molecule has 1 aromatic rings. The van der Waals surface area contributed by atoms with Gasteiger partial charge in [0.05, 0.1) is 28.7 Å². The molecule has 0 aliphatic carbocycles. The molecule has 1 rings (SSSR count). The lowest BCUT2D eigenvalue weighted by Gasteiger charge is -2.12. The Bertz CT molecular complexity index is 553. The lowest BCUT2D eigenvalue weighted by molar-refractivity contribution is -0.136. The van der Waals surface area contributed by atoms with Gasteiger partial charge < -0.3 is 9.84 Å². The third-order valence-electron chi connectivity index (χ3n) is 2.44. The molecule has 1 atom stereocenters. The summed E-state index contributed by atoms with van der Waals surface area (Å²) in [7, 11) is -2.28. The van der Waals surface area contributed by atoms with E-state index in [4.69, 9.17) is 21.4 Å². The fraction of sp³-hybridized carbons (Fsp3) is 0.364. The van der Waals surface area contributed by atoms with Gasteiger partial charge in [-0.3, -0.25) is 4.79 Å². The summed E-state index contributed by atoms with van der Waals surface area (Å²) in [6, 6.07) is 4.04. The van der Waals surface area contributed by atoms with Gasteiger partial charge in [-0.1, -0.05) is 11.6 Å². The molecule has 1 unspecified atom stereocenters. The summed E-state index contributed by atoms with van der Waals surface area (Å²) in [5, 5.41) is 7.77. The van der Waals surface area contributed by atoms with Crippen LogP contribution in [0.15, 0.2) is 23.1 Å². The Kier molecular flexibility index (Phi) is 4.59. The van der Waals surface area contributed by atoms with Gasteiger partial charge in [0, 0.05) is 0 Å². The number of sulfone groups is 1. The van der Waals surface area contributed by atoms with Crippen molar-refractivity contribution < 1.29 is 23.1 Å². The van der Waals surface area contributed by atoms with E-state index in [1.807, 2.05) is 0 Å². The number of carboxylic acids is 1. The van der Waals surface area contributed by atoms with Crippen LogP contribution < -0.4 is 4.74 Å². The van der Waals surface area contributed by atoms with Crippen molar-refractivity contribution in [2.75, 3.05) is 7.11 Å². The SMILES string of the molecule is COc1ccc(S(=O)(=O)C(C)CC(=O)O)cc1Cl. The molecule has 0 spiro atoms. The summed E-state index contributed by atoms with van der Waals surface area (Å²) in [6.07, 6.45) is -0.452. The van der Waals surface area contributed by atoms with Gasteiger partial charge >= 0.3 is 5.97 Å². The van der Waals surface area contributed by atoms with Crippen molar-refractivity contribution in [3.63, 3.8) is 0 Å². The molecule has 0 heterocycles. The monoisotopic (exact) mass is 292 g/mol. The molecule has 0 aromatic heterocycles. The van der Waals surface area contributed by atoms with E-state index in [9.17, 15) is 13.2 Å². The molecule has 1 N–H and O–H groups in total. The first kappa shape index (κ1) is 14.8. The summed E-state index contributed by atoms with van der Waals surface area (Å²) in [6.45, 7) is 1.35. The molecule has 0 aliphatic heterocycles. The Morgan fingerprint density at radius 3 is 2.56 bits per heavy atom. The molecular weight excluding hydrogens is 280 g/mol. The molecule has 1 aromatic carbocycles. The normalized spacial score (nSPS) is 13.1. The number of ether oxygens (including phenoxy) is 1. The Morgan fingerprint density at radius 1 is 1.50 bits per heavy atom. The van der Waals surface area contributed by atoms with Crippen molar-refractivity contribution in [1.29, 1.82) is 0 Å². The van der Waals surface area contributed by atoms with E-state index < -0.39 is 27.5 Å². The van der Waals surface area contributed by atoms with E-state index in [1.165, 1.54) is 32.2 Å². The van der Waals surface area contributed by atoms with Crippen LogP contribution in [0.25, 0.3) is 0 Å². The first-order valence-electron chi connectivity index (χ1n) is 5.08. The second-order valence-corrected chi connectivity index (χ2v) is 6.52. The van der Waals surface area contributed by atoms with E-state index in [0.29, 0.717) is 5.75 Å². The highest BCUT2D eigenvalue weighted by atomic mass is 35.5. The number of carboxylic acid groups (broad SMARTS) is 1. The second kappa shape index (κ2) is 5.58. The van der Waals surface area contributed by atoms with Gasteiger partial charge in [-0.2, -0.15) is 0 Å². The number of benzene rings is 1. The minimum Gasteiger partial charge on any atom is -0.495 e. The van der Waals surface area contributed by atoms with Crippen LogP contribution in [0.2, 0.25) is 5.02 Å². The minimum atomic E-state index is -3.70. The van der Waals surface area contributed by atoms with Gasteiger partial charge in [-0.25, -0.2) is 8.42 Å². The molecule has 18 heavy (non-hydrogen) atoms. The van der Waals surface area contributed by atoms with Gasteiger partial charge in [0.25, 0.3) is 0 Å². The summed E-state index contributed by atoms with van der Waals surface area (Å²) >= 11 is 5.84. The number of halogens is 1. The Hall–Kier alpha value is -1.27. The quantitative estimate of drug-likeness (QED) is 0.897. The fourth-order valence-electron chi connectivity index (χ4n) is 1.41. The molecule has 0 aliphatic rings. The first-order valence-corrected chi connectivity index (χ1v) is 7.00. The van der Waals surface area contributed by atoms with E-state index in [2.05, 4.69) is 0 Å². The number of carbonyl (C=O) groups is 1. The molecule has 0 amide bonds. The van der Waals surface area contributed by atoms with Gasteiger partial charge in [-0.05, 0) is 25.1 Å². The van der Waals surface area contributed by atoms with Crippen LogP contribution >= 0.6 is 11.6 Å². The number of hydrogen-bond acceptors (Lipinski definition) is 4. The van der Waals surface area contributed by atoms with Crippen molar-refractivity contribution >= 4 is 27.4 Å². The lowest BCUT2D eigenvalue weighted by atomic mass is 10.3. The van der Waals surface area contributed by atoms with Crippen LogP contribution in [0.5, 0.6) is 5.75 Å². The number of rotatable bonds is 5. The van der Waals surface area contributed by atoms with Gasteiger partial charge in [-0.15, -0.1) is 0 Å². The highest BCUT2D eigenvalue weighted by molar-refractivity contribution is 7.92. The molecule has 0 radical (unpaired) electrons. The second-order valence-electron chi connectivity index (χ2n) is 3.75. The van der Waals surface area contributed by atoms with Gasteiger partial charge in [0.1, 0.15) is 5.75 Å². The third-order valence-corrected chi connectivity index (χ3v) is 4.88. The van der Waals surface area contributed by atoms with Crippen molar-refractivity contribution in [1.82, 2.24) is 0 Å². The summed E-state index contributed by atoms with van der Waals surface area (Å²) in [5.41, 5.74) is 0. The van der Waals surface area contributed by atoms with Crippen LogP contribution in [0.3, 0.4) is 0 Å². The average Bonchev–Trinajstić information content (AvgIpc) is 2.27. The number of methoxy groups -OCH3 is 1. The molecule has 0 fully saturated rings. The zero-order valence-corrected chi connectivity index (χ0v) is 11.5. The van der Waals surface area contributed by atoms with Crippen molar-refractivity contribution in [2.45, 2.75) is 23.5 Å². The van der Waals surface area contributed by atoms with E-state index in [1.54, 1.807) is 0 Å². The predicted molar refractivity (Wildman–Crippen MR) is 66.9 cm³/mol. The highest BCUT2D eigenvalue weighted by Gasteiger charge is 2.26. The Morgan fingerprint density at radius 2 is 2.11 bits per heavy atom. The highest BCUT2D eigenvalue weighted by Crippen LogP contribution is 2.29. The summed E-state index contributed by atoms with van der Waals surface area (Å²) < 4.78 is 29.0. The largest absolute Gasteiger partial charge is 0.495 e. The van der Waals surface area contributed by atoms with Crippen molar-refractivity contribution in [2.24, 2.45) is 0 Å². The summed E-state index contributed by atoms with van der Waals surface area (Å²) in [5.74, 6) is -0.799. The van der Waals surface area contributed by atoms with Crippen LogP contribution in [-0.4, -0.2) is 31.9 Å². The molecule has 0 bridgehead atoms. The topological polar surface area (TPSA) is 80.7 Å². The van der Waals surface area contributed by atoms with Gasteiger partial charge in [0.2, 0.25) is 0 Å². The average molecular weight is 293 g/mol. The fourth-order valence-corrected chi connectivity index (χ4v) is 3.10. The van der Waals surface area contributed by atoms with Crippen molar-refractivity contribution in [3.8, 4) is 5.75 Å². The van der Waals surface area contributed by atoms with Crippen LogP contribution in [-0.2, 0) is 14.6 Å². The van der Waals surface area contributed by atoms with Crippen LogP contribution in [0.1, 0.15) is 13.3 Å². The van der Waals surface area contributed by atoms with Crippen molar-refractivity contribution in [3.05, 3.63) is 23.2 Å². The zero-order chi connectivity index (χ0) is 13.9. The van der Waals surface area contributed by atoms with Crippen LogP contribution in [0.4, 0.5) is 0 Å². The first-order chi connectivity index (χ1) is 8.28. The lowest BCUT2D eigenvalue weighted by Crippen LogP contribution is -2.21. The van der Waals surface area contributed by atoms with E-state index in [-0.39, 0.29) is 9.92 Å². The molecular formula is C11H13ClO5S.